The van der Waals surface area contributed by atoms with E-state index in [-0.39, 0.29) is 5.91 Å². The van der Waals surface area contributed by atoms with E-state index in [1.54, 1.807) is 0 Å². The Hall–Kier alpha value is -3.74. The zero-order chi connectivity index (χ0) is 24.7. The number of rotatable bonds is 4. The number of aryl methyl sites for hydroxylation is 1. The van der Waals surface area contributed by atoms with Gasteiger partial charge < -0.3 is 24.5 Å². The number of aromatic nitrogens is 2. The van der Waals surface area contributed by atoms with Crippen LogP contribution in [-0.2, 0) is 36.0 Å². The number of nitrogens with one attached hydrogen (secondary N) is 2. The summed E-state index contributed by atoms with van der Waals surface area (Å²) in [5.74, 6) is -0.0975. The summed E-state index contributed by atoms with van der Waals surface area (Å²) in [6.45, 7) is 6.56. The average molecular weight is 473 g/mol. The van der Waals surface area contributed by atoms with Crippen molar-refractivity contribution in [3.8, 4) is 0 Å². The molecule has 0 saturated heterocycles. The number of alkyl carbamates (subject to hydrolysis) is 1. The lowest BCUT2D eigenvalue weighted by Gasteiger charge is -2.31. The SMILES string of the molecule is Cn1cc(C[C@@H](NC(=O)OC(C)(C)C)C(=O)N2CCc3[nH]c4ccccc4c3C2)c2ccccc21. The molecule has 5 rings (SSSR count). The van der Waals surface area contributed by atoms with Gasteiger partial charge in [-0.05, 0) is 38.5 Å². The summed E-state index contributed by atoms with van der Waals surface area (Å²) < 4.78 is 7.56. The Morgan fingerprint density at radius 1 is 1.09 bits per heavy atom. The fraction of sp³-hybridized carbons (Fsp3) is 0.357. The van der Waals surface area contributed by atoms with Gasteiger partial charge in [0.1, 0.15) is 11.6 Å². The molecule has 0 bridgehead atoms. The van der Waals surface area contributed by atoms with E-state index in [1.807, 2.05) is 63.2 Å². The normalized spacial score (nSPS) is 14.7. The highest BCUT2D eigenvalue weighted by Crippen LogP contribution is 2.28. The summed E-state index contributed by atoms with van der Waals surface area (Å²) in [6.07, 6.45) is 2.59. The number of H-pyrrole nitrogens is 1. The van der Waals surface area contributed by atoms with E-state index < -0.39 is 17.7 Å². The maximum atomic E-state index is 13.9. The highest BCUT2D eigenvalue weighted by Gasteiger charge is 2.32. The van der Waals surface area contributed by atoms with Crippen LogP contribution in [0.15, 0.2) is 54.7 Å². The quantitative estimate of drug-likeness (QED) is 0.453. The zero-order valence-corrected chi connectivity index (χ0v) is 20.7. The molecule has 182 valence electrons. The largest absolute Gasteiger partial charge is 0.444 e. The van der Waals surface area contributed by atoms with Crippen molar-refractivity contribution in [3.05, 3.63) is 71.5 Å². The number of fused-ring (bicyclic) bond motifs is 4. The molecule has 2 aromatic heterocycles. The monoisotopic (exact) mass is 472 g/mol. The second-order valence-electron chi connectivity index (χ2n) is 10.3. The maximum Gasteiger partial charge on any atom is 0.408 e. The average Bonchev–Trinajstić information content (AvgIpc) is 3.34. The number of benzene rings is 2. The van der Waals surface area contributed by atoms with Crippen molar-refractivity contribution in [1.82, 2.24) is 19.8 Å². The van der Waals surface area contributed by atoms with Crippen LogP contribution in [0.25, 0.3) is 21.8 Å². The molecule has 0 spiro atoms. The fourth-order valence-corrected chi connectivity index (χ4v) is 5.03. The number of aromatic amines is 1. The Morgan fingerprint density at radius 3 is 2.57 bits per heavy atom. The number of ether oxygens (including phenoxy) is 1. The molecule has 1 atom stereocenters. The van der Waals surface area contributed by atoms with Gasteiger partial charge >= 0.3 is 6.09 Å². The van der Waals surface area contributed by atoms with Crippen LogP contribution in [0.3, 0.4) is 0 Å². The van der Waals surface area contributed by atoms with Crippen LogP contribution in [0.4, 0.5) is 4.79 Å². The molecule has 0 fully saturated rings. The van der Waals surface area contributed by atoms with E-state index in [2.05, 4.69) is 39.1 Å². The summed E-state index contributed by atoms with van der Waals surface area (Å²) in [4.78, 5) is 31.9. The molecule has 3 heterocycles. The Labute approximate surface area is 205 Å². The lowest BCUT2D eigenvalue weighted by atomic mass is 10.0. The first-order chi connectivity index (χ1) is 16.7. The minimum atomic E-state index is -0.734. The molecule has 2 amide bonds. The topological polar surface area (TPSA) is 79.4 Å². The molecule has 2 N–H and O–H groups in total. The molecule has 35 heavy (non-hydrogen) atoms. The number of amides is 2. The summed E-state index contributed by atoms with van der Waals surface area (Å²) in [6, 6.07) is 15.6. The van der Waals surface area contributed by atoms with Crippen molar-refractivity contribution in [2.45, 2.75) is 51.8 Å². The smallest absolute Gasteiger partial charge is 0.408 e. The van der Waals surface area contributed by atoms with Gasteiger partial charge in [-0.1, -0.05) is 36.4 Å². The van der Waals surface area contributed by atoms with Crippen molar-refractivity contribution < 1.29 is 14.3 Å². The van der Waals surface area contributed by atoms with Gasteiger partial charge in [-0.2, -0.15) is 0 Å². The number of carbonyl (C=O) groups is 2. The Kier molecular flexibility index (Phi) is 5.79. The molecule has 7 heteroatoms. The van der Waals surface area contributed by atoms with Crippen LogP contribution in [0, 0.1) is 0 Å². The van der Waals surface area contributed by atoms with E-state index in [0.29, 0.717) is 19.5 Å². The first-order valence-corrected chi connectivity index (χ1v) is 12.1. The van der Waals surface area contributed by atoms with Gasteiger partial charge in [0.2, 0.25) is 5.91 Å². The second-order valence-corrected chi connectivity index (χ2v) is 10.3. The van der Waals surface area contributed by atoms with E-state index in [1.165, 1.54) is 5.69 Å². The van der Waals surface area contributed by atoms with Crippen LogP contribution in [0.2, 0.25) is 0 Å². The number of hydrogen-bond donors (Lipinski definition) is 2. The first kappa shape index (κ1) is 23.0. The van der Waals surface area contributed by atoms with Crippen molar-refractivity contribution in [2.24, 2.45) is 7.05 Å². The summed E-state index contributed by atoms with van der Waals surface area (Å²) in [7, 11) is 1.99. The standard InChI is InChI=1S/C28H32N4O3/c1-28(2,3)35-27(34)30-24(15-18-16-31(4)25-12-8-6-9-19(18)25)26(33)32-14-13-23-21(17-32)20-10-5-7-11-22(20)29-23/h5-12,16,24,29H,13-15,17H2,1-4H3,(H,30,34)/t24-/m1/s1. The molecule has 0 saturated carbocycles. The van der Waals surface area contributed by atoms with Gasteiger partial charge in [-0.15, -0.1) is 0 Å². The van der Waals surface area contributed by atoms with Crippen molar-refractivity contribution in [2.75, 3.05) is 6.54 Å². The number of hydrogen-bond acceptors (Lipinski definition) is 3. The Morgan fingerprint density at radius 2 is 1.80 bits per heavy atom. The number of para-hydroxylation sites is 2. The van der Waals surface area contributed by atoms with Gasteiger partial charge in [0.25, 0.3) is 0 Å². The third kappa shape index (κ3) is 4.63. The minimum Gasteiger partial charge on any atom is -0.444 e. The predicted octanol–water partition coefficient (Wildman–Crippen LogP) is 4.68. The van der Waals surface area contributed by atoms with Crippen molar-refractivity contribution in [1.29, 1.82) is 0 Å². The molecule has 7 nitrogen and oxygen atoms in total. The fourth-order valence-electron chi connectivity index (χ4n) is 5.03. The molecule has 0 radical (unpaired) electrons. The van der Waals surface area contributed by atoms with Crippen LogP contribution in [0.5, 0.6) is 0 Å². The molecular weight excluding hydrogens is 440 g/mol. The Balaban J connectivity index is 1.44. The van der Waals surface area contributed by atoms with Gasteiger partial charge in [0.15, 0.2) is 0 Å². The molecule has 4 aromatic rings. The highest BCUT2D eigenvalue weighted by molar-refractivity contribution is 5.90. The lowest BCUT2D eigenvalue weighted by Crippen LogP contribution is -2.51. The zero-order valence-electron chi connectivity index (χ0n) is 20.7. The Bertz CT molecular complexity index is 1410. The van der Waals surface area contributed by atoms with Gasteiger partial charge in [0.05, 0.1) is 0 Å². The molecule has 1 aliphatic heterocycles. The van der Waals surface area contributed by atoms with Crippen molar-refractivity contribution >= 4 is 33.8 Å². The summed E-state index contributed by atoms with van der Waals surface area (Å²) in [5.41, 5.74) is 4.88. The van der Waals surface area contributed by atoms with Crippen molar-refractivity contribution in [3.63, 3.8) is 0 Å². The minimum absolute atomic E-state index is 0.0975. The van der Waals surface area contributed by atoms with Gasteiger partial charge in [-0.3, -0.25) is 4.79 Å². The third-order valence-corrected chi connectivity index (χ3v) is 6.59. The number of carbonyl (C=O) groups excluding carboxylic acids is 2. The molecule has 1 aliphatic rings. The predicted molar refractivity (Wildman–Crippen MR) is 137 cm³/mol. The first-order valence-electron chi connectivity index (χ1n) is 12.1. The summed E-state index contributed by atoms with van der Waals surface area (Å²) in [5, 5.41) is 5.10. The third-order valence-electron chi connectivity index (χ3n) is 6.59. The van der Waals surface area contributed by atoms with E-state index in [4.69, 9.17) is 4.74 Å². The highest BCUT2D eigenvalue weighted by atomic mass is 16.6. The molecule has 0 aliphatic carbocycles. The maximum absolute atomic E-state index is 13.9. The lowest BCUT2D eigenvalue weighted by molar-refractivity contribution is -0.134. The van der Waals surface area contributed by atoms with E-state index >= 15 is 0 Å². The van der Waals surface area contributed by atoms with Crippen LogP contribution < -0.4 is 5.32 Å². The van der Waals surface area contributed by atoms with E-state index in [9.17, 15) is 9.59 Å². The van der Waals surface area contributed by atoms with Crippen LogP contribution in [0.1, 0.15) is 37.6 Å². The van der Waals surface area contributed by atoms with E-state index in [0.717, 1.165) is 39.4 Å². The second kappa shape index (κ2) is 8.80. The molecule has 0 unspecified atom stereocenters. The van der Waals surface area contributed by atoms with Gasteiger partial charge in [-0.25, -0.2) is 4.79 Å². The van der Waals surface area contributed by atoms with Crippen LogP contribution >= 0.6 is 0 Å². The summed E-state index contributed by atoms with van der Waals surface area (Å²) >= 11 is 0. The van der Waals surface area contributed by atoms with Gasteiger partial charge in [0, 0.05) is 72.2 Å². The number of nitrogens with zero attached hydrogens (tertiary/aromatic N) is 2. The molecular formula is C28H32N4O3. The molecule has 2 aromatic carbocycles. The van der Waals surface area contributed by atoms with Crippen LogP contribution in [-0.4, -0.2) is 44.6 Å².